The van der Waals surface area contributed by atoms with Crippen molar-refractivity contribution in [3.8, 4) is 0 Å². The second kappa shape index (κ2) is 7.64. The zero-order valence-corrected chi connectivity index (χ0v) is 13.3. The summed E-state index contributed by atoms with van der Waals surface area (Å²) in [7, 11) is 0. The molecule has 0 radical (unpaired) electrons. The van der Waals surface area contributed by atoms with Crippen molar-refractivity contribution in [2.45, 2.75) is 35.8 Å². The molecule has 108 valence electrons. The zero-order valence-electron chi connectivity index (χ0n) is 11.7. The molecule has 1 atom stereocenters. The van der Waals surface area contributed by atoms with Crippen LogP contribution in [0.15, 0.2) is 16.3 Å². The molecule has 1 fully saturated rings. The van der Waals surface area contributed by atoms with Gasteiger partial charge in [0, 0.05) is 29.8 Å². The van der Waals surface area contributed by atoms with Gasteiger partial charge in [-0.05, 0) is 18.6 Å². The van der Waals surface area contributed by atoms with Gasteiger partial charge in [0.05, 0.1) is 23.5 Å². The molecule has 19 heavy (non-hydrogen) atoms. The van der Waals surface area contributed by atoms with Crippen molar-refractivity contribution in [3.05, 3.63) is 17.0 Å². The van der Waals surface area contributed by atoms with E-state index >= 15 is 0 Å². The van der Waals surface area contributed by atoms with Gasteiger partial charge in [0.2, 0.25) is 0 Å². The molecule has 0 saturated carbocycles. The lowest BCUT2D eigenvalue weighted by Gasteiger charge is -2.27. The van der Waals surface area contributed by atoms with Gasteiger partial charge in [-0.2, -0.15) is 0 Å². The van der Waals surface area contributed by atoms with Crippen molar-refractivity contribution in [3.63, 3.8) is 0 Å². The summed E-state index contributed by atoms with van der Waals surface area (Å²) >= 11 is 3.59. The van der Waals surface area contributed by atoms with Crippen LogP contribution in [0.3, 0.4) is 0 Å². The van der Waals surface area contributed by atoms with Crippen molar-refractivity contribution >= 4 is 23.1 Å². The normalized spacial score (nSPS) is 18.9. The van der Waals surface area contributed by atoms with Crippen LogP contribution in [0.2, 0.25) is 0 Å². The smallest absolute Gasteiger partial charge is 0.0894 e. The molecule has 1 aromatic rings. The van der Waals surface area contributed by atoms with Crippen LogP contribution in [-0.2, 0) is 4.74 Å². The number of thiophene rings is 1. The van der Waals surface area contributed by atoms with Crippen LogP contribution in [0.4, 0.5) is 0 Å². The number of aliphatic hydroxyl groups is 1. The van der Waals surface area contributed by atoms with Gasteiger partial charge >= 0.3 is 0 Å². The molecular weight excluding hydrogens is 278 g/mol. The number of hydrogen-bond acceptors (Lipinski definition) is 5. The molecule has 1 aliphatic rings. The molecule has 0 aliphatic carbocycles. The maximum Gasteiger partial charge on any atom is 0.0894 e. The summed E-state index contributed by atoms with van der Waals surface area (Å²) in [4.78, 5) is 3.46. The second-order valence-electron chi connectivity index (χ2n) is 5.08. The molecule has 0 bridgehead atoms. The Hall–Kier alpha value is -0.0700. The molecule has 5 heteroatoms. The molecule has 1 aromatic heterocycles. The second-order valence-corrected chi connectivity index (χ2v) is 8.07. The third-order valence-corrected chi connectivity index (χ3v) is 5.46. The van der Waals surface area contributed by atoms with Gasteiger partial charge in [0.15, 0.2) is 0 Å². The molecule has 0 amide bonds. The SMILES string of the molecule is CC(C)Sc1ccc(C(O)CCN2CCOCC2)s1. The van der Waals surface area contributed by atoms with E-state index in [1.807, 2.05) is 11.8 Å². The van der Waals surface area contributed by atoms with E-state index in [9.17, 15) is 5.11 Å². The summed E-state index contributed by atoms with van der Waals surface area (Å²) in [5, 5.41) is 10.8. The predicted octanol–water partition coefficient (Wildman–Crippen LogP) is 3.00. The summed E-state index contributed by atoms with van der Waals surface area (Å²) in [6.45, 7) is 8.97. The Morgan fingerprint density at radius 2 is 2.11 bits per heavy atom. The van der Waals surface area contributed by atoms with Crippen molar-refractivity contribution in [1.29, 1.82) is 0 Å². The van der Waals surface area contributed by atoms with Crippen molar-refractivity contribution in [2.24, 2.45) is 0 Å². The Bertz CT molecular complexity index is 375. The zero-order chi connectivity index (χ0) is 13.7. The minimum Gasteiger partial charge on any atom is -0.388 e. The van der Waals surface area contributed by atoms with E-state index in [1.54, 1.807) is 11.3 Å². The average Bonchev–Trinajstić information content (AvgIpc) is 2.85. The van der Waals surface area contributed by atoms with Crippen LogP contribution in [-0.4, -0.2) is 48.1 Å². The van der Waals surface area contributed by atoms with E-state index < -0.39 is 0 Å². The lowest BCUT2D eigenvalue weighted by molar-refractivity contribution is 0.0303. The van der Waals surface area contributed by atoms with Crippen LogP contribution < -0.4 is 0 Å². The van der Waals surface area contributed by atoms with E-state index in [1.165, 1.54) is 4.21 Å². The predicted molar refractivity (Wildman–Crippen MR) is 82.1 cm³/mol. The molecular formula is C14H23NO2S2. The fraction of sp³-hybridized carbons (Fsp3) is 0.714. The third kappa shape index (κ3) is 5.08. The highest BCUT2D eigenvalue weighted by Gasteiger charge is 2.15. The van der Waals surface area contributed by atoms with Crippen molar-refractivity contribution in [1.82, 2.24) is 4.90 Å². The Balaban J connectivity index is 1.78. The van der Waals surface area contributed by atoms with Crippen LogP contribution in [0.1, 0.15) is 31.2 Å². The molecule has 3 nitrogen and oxygen atoms in total. The summed E-state index contributed by atoms with van der Waals surface area (Å²) in [6.07, 6.45) is 0.487. The van der Waals surface area contributed by atoms with Crippen molar-refractivity contribution < 1.29 is 9.84 Å². The number of rotatable bonds is 6. The standard InChI is InChI=1S/C14H23NO2S2/c1-11(2)18-14-4-3-13(19-14)12(16)5-6-15-7-9-17-10-8-15/h3-4,11-12,16H,5-10H2,1-2H3. The lowest BCUT2D eigenvalue weighted by Crippen LogP contribution is -2.37. The third-order valence-electron chi connectivity index (χ3n) is 3.10. The van der Waals surface area contributed by atoms with Crippen molar-refractivity contribution in [2.75, 3.05) is 32.8 Å². The molecule has 0 spiro atoms. The summed E-state index contributed by atoms with van der Waals surface area (Å²) < 4.78 is 6.63. The van der Waals surface area contributed by atoms with Gasteiger partial charge in [-0.25, -0.2) is 0 Å². The Morgan fingerprint density at radius 1 is 1.37 bits per heavy atom. The molecule has 2 rings (SSSR count). The Kier molecular flexibility index (Phi) is 6.16. The van der Waals surface area contributed by atoms with Crippen LogP contribution in [0, 0.1) is 0 Å². The quantitative estimate of drug-likeness (QED) is 0.819. The number of hydrogen-bond donors (Lipinski definition) is 1. The molecule has 0 aromatic carbocycles. The van der Waals surface area contributed by atoms with Crippen LogP contribution >= 0.6 is 23.1 Å². The fourth-order valence-electron chi connectivity index (χ4n) is 2.08. The minimum atomic E-state index is -0.325. The van der Waals surface area contributed by atoms with E-state index in [4.69, 9.17) is 4.74 Å². The van der Waals surface area contributed by atoms with E-state index in [0.717, 1.165) is 44.1 Å². The Morgan fingerprint density at radius 3 is 2.79 bits per heavy atom. The van der Waals surface area contributed by atoms with Crippen LogP contribution in [0.25, 0.3) is 0 Å². The van der Waals surface area contributed by atoms with E-state index in [2.05, 4.69) is 30.9 Å². The van der Waals surface area contributed by atoms with Gasteiger partial charge in [-0.15, -0.1) is 23.1 Å². The van der Waals surface area contributed by atoms with E-state index in [-0.39, 0.29) is 6.10 Å². The first-order valence-corrected chi connectivity index (χ1v) is 8.59. The number of nitrogens with zero attached hydrogens (tertiary/aromatic N) is 1. The molecule has 1 unspecified atom stereocenters. The number of ether oxygens (including phenoxy) is 1. The number of morpholine rings is 1. The summed E-state index contributed by atoms with van der Waals surface area (Å²) in [5.41, 5.74) is 0. The topological polar surface area (TPSA) is 32.7 Å². The molecule has 1 saturated heterocycles. The van der Waals surface area contributed by atoms with Gasteiger partial charge in [0.1, 0.15) is 0 Å². The molecule has 1 aliphatic heterocycles. The number of aliphatic hydroxyl groups excluding tert-OH is 1. The first-order valence-electron chi connectivity index (χ1n) is 6.89. The van der Waals surface area contributed by atoms with Crippen LogP contribution in [0.5, 0.6) is 0 Å². The number of thioether (sulfide) groups is 1. The maximum atomic E-state index is 10.2. The summed E-state index contributed by atoms with van der Waals surface area (Å²) in [5.74, 6) is 0. The van der Waals surface area contributed by atoms with Gasteiger partial charge in [-0.1, -0.05) is 13.8 Å². The lowest BCUT2D eigenvalue weighted by atomic mass is 10.2. The highest BCUT2D eigenvalue weighted by Crippen LogP contribution is 2.34. The summed E-state index contributed by atoms with van der Waals surface area (Å²) in [6, 6.07) is 4.20. The average molecular weight is 301 g/mol. The first kappa shape index (κ1) is 15.3. The van der Waals surface area contributed by atoms with Gasteiger partial charge < -0.3 is 9.84 Å². The fourth-order valence-corrected chi connectivity index (χ4v) is 4.51. The maximum absolute atomic E-state index is 10.2. The highest BCUT2D eigenvalue weighted by molar-refractivity contribution is 8.01. The molecule has 2 heterocycles. The van der Waals surface area contributed by atoms with Gasteiger partial charge in [0.25, 0.3) is 0 Å². The monoisotopic (exact) mass is 301 g/mol. The Labute approximate surface area is 124 Å². The van der Waals surface area contributed by atoms with Gasteiger partial charge in [-0.3, -0.25) is 4.90 Å². The van der Waals surface area contributed by atoms with E-state index in [0.29, 0.717) is 5.25 Å². The molecule has 1 N–H and O–H groups in total. The largest absolute Gasteiger partial charge is 0.388 e. The highest BCUT2D eigenvalue weighted by atomic mass is 32.2. The first-order chi connectivity index (χ1) is 9.15. The minimum absolute atomic E-state index is 0.325.